The number of carbonyl (C=O) groups is 1. The third-order valence-corrected chi connectivity index (χ3v) is 5.53. The van der Waals surface area contributed by atoms with E-state index < -0.39 is 11.5 Å². The lowest BCUT2D eigenvalue weighted by Gasteiger charge is -2.25. The summed E-state index contributed by atoms with van der Waals surface area (Å²) in [5, 5.41) is 12.6. The van der Waals surface area contributed by atoms with Crippen LogP contribution in [0.15, 0.2) is 55.1 Å². The van der Waals surface area contributed by atoms with Crippen molar-refractivity contribution in [3.63, 3.8) is 0 Å². The summed E-state index contributed by atoms with van der Waals surface area (Å²) in [6.45, 7) is 0.464. The zero-order chi connectivity index (χ0) is 24.6. The number of ether oxygens (including phenoxy) is 2. The lowest BCUT2D eigenvalue weighted by Crippen LogP contribution is -2.26. The highest BCUT2D eigenvalue weighted by atomic mass is 35.5. The zero-order valence-corrected chi connectivity index (χ0v) is 18.7. The van der Waals surface area contributed by atoms with Crippen LogP contribution in [0.5, 0.6) is 5.75 Å². The third-order valence-electron chi connectivity index (χ3n) is 5.46. The van der Waals surface area contributed by atoms with Crippen LogP contribution in [0.25, 0.3) is 22.2 Å². The molecule has 5 rings (SSSR count). The first-order valence-corrected chi connectivity index (χ1v) is 10.9. The fourth-order valence-corrected chi connectivity index (χ4v) is 4.09. The van der Waals surface area contributed by atoms with E-state index in [0.29, 0.717) is 40.3 Å². The van der Waals surface area contributed by atoms with Crippen molar-refractivity contribution in [2.24, 2.45) is 0 Å². The quantitative estimate of drug-likeness (QED) is 0.384. The molecule has 0 radical (unpaired) electrons. The Labute approximate surface area is 202 Å². The Bertz CT molecular complexity index is 1380. The van der Waals surface area contributed by atoms with Crippen LogP contribution in [0.1, 0.15) is 22.2 Å². The van der Waals surface area contributed by atoms with Crippen molar-refractivity contribution >= 4 is 34.2 Å². The Morgan fingerprint density at radius 1 is 1.26 bits per heavy atom. The number of imidazole rings is 1. The van der Waals surface area contributed by atoms with E-state index in [1.165, 1.54) is 30.6 Å². The summed E-state index contributed by atoms with van der Waals surface area (Å²) in [5.41, 5.74) is -0.548. The van der Waals surface area contributed by atoms with Crippen molar-refractivity contribution in [1.29, 1.82) is 0 Å². The molecule has 2 aromatic carbocycles. The number of rotatable bonds is 6. The summed E-state index contributed by atoms with van der Waals surface area (Å²) in [4.78, 5) is 25.9. The number of aliphatic hydroxyl groups excluding tert-OH is 1. The van der Waals surface area contributed by atoms with Crippen molar-refractivity contribution in [3.05, 3.63) is 66.5 Å². The van der Waals surface area contributed by atoms with E-state index in [2.05, 4.69) is 25.0 Å². The first-order chi connectivity index (χ1) is 16.8. The Hall–Kier alpha value is -3.67. The molecule has 9 nitrogen and oxygen atoms in total. The van der Waals surface area contributed by atoms with Gasteiger partial charge in [0, 0.05) is 46.4 Å². The number of alkyl halides is 3. The molecule has 35 heavy (non-hydrogen) atoms. The number of aromatic nitrogens is 4. The number of hydrogen-bond acceptors (Lipinski definition) is 7. The molecule has 0 spiro atoms. The minimum absolute atomic E-state index is 0.138. The highest BCUT2D eigenvalue weighted by Gasteiger charge is 2.28. The molecule has 2 aromatic heterocycles. The fourth-order valence-electron chi connectivity index (χ4n) is 4.00. The fraction of sp³-hybridized carbons (Fsp3) is 0.217. The van der Waals surface area contributed by atoms with Crippen LogP contribution in [0.4, 0.5) is 14.5 Å². The minimum atomic E-state index is -3.83. The number of benzene rings is 2. The molecule has 1 atom stereocenters. The molecule has 12 heteroatoms. The highest BCUT2D eigenvalue weighted by Crippen LogP contribution is 2.35. The van der Waals surface area contributed by atoms with Gasteiger partial charge in [-0.05, 0) is 36.4 Å². The van der Waals surface area contributed by atoms with Crippen LogP contribution in [0.3, 0.4) is 0 Å². The number of anilines is 1. The molecule has 0 bridgehead atoms. The summed E-state index contributed by atoms with van der Waals surface area (Å²) in [6.07, 6.45) is 4.66. The number of hydrogen-bond donors (Lipinski definition) is 2. The second-order valence-electron chi connectivity index (χ2n) is 7.79. The van der Waals surface area contributed by atoms with Gasteiger partial charge in [-0.25, -0.2) is 15.0 Å². The maximum absolute atomic E-state index is 13.1. The molecule has 2 N–H and O–H groups in total. The lowest BCUT2D eigenvalue weighted by atomic mass is 10.0. The van der Waals surface area contributed by atoms with Crippen LogP contribution >= 0.6 is 11.6 Å². The van der Waals surface area contributed by atoms with Gasteiger partial charge in [-0.2, -0.15) is 0 Å². The minimum Gasteiger partial charge on any atom is -0.420 e. The van der Waals surface area contributed by atoms with Crippen LogP contribution in [0, 0.1) is 0 Å². The summed E-state index contributed by atoms with van der Waals surface area (Å²) in [5.74, 6) is 0.0370. The molecule has 1 aliphatic rings. The number of aliphatic hydroxyl groups is 1. The number of fused-ring (bicyclic) bond motifs is 3. The van der Waals surface area contributed by atoms with Crippen LogP contribution in [-0.2, 0) is 11.3 Å². The van der Waals surface area contributed by atoms with Crippen molar-refractivity contribution in [2.45, 2.75) is 18.2 Å². The Morgan fingerprint density at radius 2 is 2.00 bits per heavy atom. The molecule has 1 aliphatic heterocycles. The predicted octanol–water partition coefficient (Wildman–Crippen LogP) is 3.98. The van der Waals surface area contributed by atoms with Gasteiger partial charge in [0.05, 0.1) is 30.3 Å². The highest BCUT2D eigenvalue weighted by molar-refractivity contribution is 6.20. The Morgan fingerprint density at radius 3 is 2.69 bits per heavy atom. The molecule has 0 saturated heterocycles. The third kappa shape index (κ3) is 4.78. The average Bonchev–Trinajstić information content (AvgIpc) is 3.23. The van der Waals surface area contributed by atoms with Gasteiger partial charge in [-0.1, -0.05) is 0 Å². The van der Waals surface area contributed by atoms with Crippen molar-refractivity contribution in [3.8, 4) is 16.9 Å². The molecule has 0 fully saturated rings. The first-order valence-electron chi connectivity index (χ1n) is 10.5. The Kier molecular flexibility index (Phi) is 6.05. The molecule has 0 aliphatic carbocycles. The number of nitrogens with zero attached hydrogens (tertiary/aromatic N) is 4. The number of carbonyl (C=O) groups excluding carboxylic acids is 1. The second kappa shape index (κ2) is 9.17. The van der Waals surface area contributed by atoms with E-state index in [1.807, 2.05) is 4.57 Å². The van der Waals surface area contributed by atoms with Gasteiger partial charge in [0.1, 0.15) is 24.5 Å². The maximum Gasteiger partial charge on any atom is 0.487 e. The summed E-state index contributed by atoms with van der Waals surface area (Å²) in [6, 6.07) is 8.37. The monoisotopic (exact) mass is 501 g/mol. The molecule has 0 unspecified atom stereocenters. The van der Waals surface area contributed by atoms with Gasteiger partial charge in [0.2, 0.25) is 0 Å². The molecule has 1 amide bonds. The topological polar surface area (TPSA) is 111 Å². The summed E-state index contributed by atoms with van der Waals surface area (Å²) < 4.78 is 37.4. The smallest absolute Gasteiger partial charge is 0.420 e. The van der Waals surface area contributed by atoms with Gasteiger partial charge in [0.25, 0.3) is 5.91 Å². The summed E-state index contributed by atoms with van der Waals surface area (Å²) >= 11 is 4.78. The van der Waals surface area contributed by atoms with Crippen LogP contribution in [-0.4, -0.2) is 49.3 Å². The molecule has 0 saturated carbocycles. The second-order valence-corrected chi connectivity index (χ2v) is 8.23. The molecule has 180 valence electrons. The van der Waals surface area contributed by atoms with E-state index in [0.717, 1.165) is 5.52 Å². The van der Waals surface area contributed by atoms with Crippen molar-refractivity contribution in [1.82, 2.24) is 19.5 Å². The molecular weight excluding hydrogens is 484 g/mol. The van der Waals surface area contributed by atoms with Crippen molar-refractivity contribution in [2.75, 3.05) is 18.5 Å². The number of nitrogens with one attached hydrogen (secondary N) is 1. The van der Waals surface area contributed by atoms with Crippen molar-refractivity contribution < 1.29 is 28.2 Å². The SMILES string of the molecule is O=C(Nc1ccc(OC(F)(F)Cl)cc1)c1cc(-c2cncnc2)c2c(c1)nc1n2[C@H](CO)COC1. The van der Waals surface area contributed by atoms with Gasteiger partial charge in [0.15, 0.2) is 0 Å². The number of halogens is 3. The van der Waals surface area contributed by atoms with E-state index in [-0.39, 0.29) is 25.0 Å². The normalized spacial score (nSPS) is 15.6. The van der Waals surface area contributed by atoms with Gasteiger partial charge < -0.3 is 24.5 Å². The van der Waals surface area contributed by atoms with Crippen LogP contribution < -0.4 is 10.1 Å². The number of amides is 1. The Balaban J connectivity index is 1.53. The van der Waals surface area contributed by atoms with Gasteiger partial charge >= 0.3 is 5.57 Å². The van der Waals surface area contributed by atoms with E-state index in [9.17, 15) is 18.7 Å². The standard InChI is InChI=1S/C23H18ClF2N5O4/c24-23(25,26)35-17-3-1-15(2-4-17)29-22(33)13-5-18(14-7-27-12-28-8-14)21-19(6-13)30-20-11-34-10-16(9-32)31(20)21/h1-8,12,16,32H,9-11H2,(H,29,33)/t16-/m1/s1. The molecule has 3 heterocycles. The van der Waals surface area contributed by atoms with E-state index >= 15 is 0 Å². The van der Waals surface area contributed by atoms with Gasteiger partial charge in [-0.15, -0.1) is 8.78 Å². The van der Waals surface area contributed by atoms with Crippen LogP contribution in [0.2, 0.25) is 0 Å². The molecule has 4 aromatic rings. The lowest BCUT2D eigenvalue weighted by molar-refractivity contribution is -0.0964. The van der Waals surface area contributed by atoms with E-state index in [1.54, 1.807) is 24.5 Å². The average molecular weight is 502 g/mol. The van der Waals surface area contributed by atoms with Gasteiger partial charge in [-0.3, -0.25) is 4.79 Å². The predicted molar refractivity (Wildman–Crippen MR) is 122 cm³/mol. The summed E-state index contributed by atoms with van der Waals surface area (Å²) in [7, 11) is 0. The van der Waals surface area contributed by atoms with E-state index in [4.69, 9.17) is 16.3 Å². The first kappa shape index (κ1) is 23.1. The zero-order valence-electron chi connectivity index (χ0n) is 18.0. The molecular formula is C23H18ClF2N5O4. The largest absolute Gasteiger partial charge is 0.487 e. The maximum atomic E-state index is 13.1.